The van der Waals surface area contributed by atoms with Crippen molar-refractivity contribution in [3.63, 3.8) is 0 Å². The molecule has 0 fully saturated rings. The van der Waals surface area contributed by atoms with Crippen molar-refractivity contribution in [2.75, 3.05) is 17.6 Å². The molecule has 1 unspecified atom stereocenters. The van der Waals surface area contributed by atoms with E-state index < -0.39 is 11.4 Å². The molecule has 5 nitrogen and oxygen atoms in total. The van der Waals surface area contributed by atoms with Gasteiger partial charge in [0.2, 0.25) is 5.95 Å². The number of hydrogen-bond donors (Lipinski definition) is 3. The highest BCUT2D eigenvalue weighted by Crippen LogP contribution is 2.15. The van der Waals surface area contributed by atoms with Crippen LogP contribution in [0.3, 0.4) is 0 Å². The Morgan fingerprint density at radius 3 is 2.94 bits per heavy atom. The molecule has 1 aromatic rings. The topological polar surface area (TPSA) is 84.1 Å². The molecule has 0 radical (unpaired) electrons. The number of rotatable bonds is 5. The predicted octanol–water partition coefficient (Wildman–Crippen LogP) is 1.16. The van der Waals surface area contributed by atoms with Crippen LogP contribution >= 0.6 is 0 Å². The fourth-order valence-electron chi connectivity index (χ4n) is 1.41. The highest BCUT2D eigenvalue weighted by atomic mass is 19.1. The van der Waals surface area contributed by atoms with Crippen molar-refractivity contribution in [2.45, 2.75) is 32.3 Å². The first-order valence-electron chi connectivity index (χ1n) is 5.19. The number of aliphatic hydroxyl groups is 1. The second kappa shape index (κ2) is 5.07. The maximum Gasteiger partial charge on any atom is 0.222 e. The summed E-state index contributed by atoms with van der Waals surface area (Å²) in [6.07, 6.45) is 2.48. The lowest BCUT2D eigenvalue weighted by atomic mass is 10.0. The summed E-state index contributed by atoms with van der Waals surface area (Å²) in [5.41, 5.74) is 4.45. The molecular weight excluding hydrogens is 211 g/mol. The Morgan fingerprint density at radius 1 is 1.62 bits per heavy atom. The third-order valence-corrected chi connectivity index (χ3v) is 2.19. The quantitative estimate of drug-likeness (QED) is 0.704. The molecule has 1 aromatic heterocycles. The predicted molar refractivity (Wildman–Crippen MR) is 60.4 cm³/mol. The Morgan fingerprint density at radius 2 is 2.31 bits per heavy atom. The van der Waals surface area contributed by atoms with E-state index in [-0.39, 0.29) is 18.3 Å². The Kier molecular flexibility index (Phi) is 4.00. The van der Waals surface area contributed by atoms with Crippen LogP contribution in [-0.4, -0.2) is 27.2 Å². The lowest BCUT2D eigenvalue weighted by molar-refractivity contribution is 0.0635. The van der Waals surface area contributed by atoms with E-state index in [1.165, 1.54) is 0 Å². The van der Waals surface area contributed by atoms with Gasteiger partial charge in [-0.15, -0.1) is 0 Å². The summed E-state index contributed by atoms with van der Waals surface area (Å²) in [4.78, 5) is 7.21. The zero-order chi connectivity index (χ0) is 12.2. The van der Waals surface area contributed by atoms with E-state index in [9.17, 15) is 9.50 Å². The standard InChI is InChI=1S/C10H17FN4O/c1-3-4-10(2,16)6-14-8-7(11)5-13-9(12)15-8/h5,16H,3-4,6H2,1-2H3,(H3,12,13,14,15). The smallest absolute Gasteiger partial charge is 0.222 e. The first kappa shape index (κ1) is 12.6. The molecule has 16 heavy (non-hydrogen) atoms. The molecule has 90 valence electrons. The van der Waals surface area contributed by atoms with Crippen LogP contribution in [0, 0.1) is 5.82 Å². The molecule has 6 heteroatoms. The van der Waals surface area contributed by atoms with Gasteiger partial charge in [0, 0.05) is 6.54 Å². The molecule has 0 aliphatic carbocycles. The average molecular weight is 228 g/mol. The van der Waals surface area contributed by atoms with Crippen LogP contribution in [0.2, 0.25) is 0 Å². The zero-order valence-electron chi connectivity index (χ0n) is 9.50. The Hall–Kier alpha value is -1.43. The molecule has 0 bridgehead atoms. The highest BCUT2D eigenvalue weighted by molar-refractivity contribution is 5.39. The van der Waals surface area contributed by atoms with Crippen molar-refractivity contribution < 1.29 is 9.50 Å². The number of nitrogens with one attached hydrogen (secondary N) is 1. The molecule has 1 rings (SSSR count). The number of nitrogen functional groups attached to an aromatic ring is 1. The second-order valence-corrected chi connectivity index (χ2v) is 4.03. The molecule has 0 aliphatic rings. The highest BCUT2D eigenvalue weighted by Gasteiger charge is 2.19. The molecule has 0 aromatic carbocycles. The molecule has 1 atom stereocenters. The SMILES string of the molecule is CCCC(C)(O)CNc1nc(N)ncc1F. The van der Waals surface area contributed by atoms with Gasteiger partial charge in [0.1, 0.15) is 0 Å². The van der Waals surface area contributed by atoms with Gasteiger partial charge in [0.25, 0.3) is 0 Å². The largest absolute Gasteiger partial charge is 0.388 e. The van der Waals surface area contributed by atoms with E-state index in [1.807, 2.05) is 6.92 Å². The van der Waals surface area contributed by atoms with Crippen LogP contribution < -0.4 is 11.1 Å². The fourth-order valence-corrected chi connectivity index (χ4v) is 1.41. The Balaban J connectivity index is 2.63. The van der Waals surface area contributed by atoms with Gasteiger partial charge in [-0.1, -0.05) is 13.3 Å². The second-order valence-electron chi connectivity index (χ2n) is 4.03. The fraction of sp³-hybridized carbons (Fsp3) is 0.600. The summed E-state index contributed by atoms with van der Waals surface area (Å²) in [6, 6.07) is 0. The van der Waals surface area contributed by atoms with Crippen molar-refractivity contribution in [1.29, 1.82) is 0 Å². The van der Waals surface area contributed by atoms with Gasteiger partial charge >= 0.3 is 0 Å². The molecule has 0 amide bonds. The van der Waals surface area contributed by atoms with Gasteiger partial charge < -0.3 is 16.2 Å². The van der Waals surface area contributed by atoms with Crippen molar-refractivity contribution in [3.05, 3.63) is 12.0 Å². The van der Waals surface area contributed by atoms with E-state index >= 15 is 0 Å². The molecule has 0 aliphatic heterocycles. The van der Waals surface area contributed by atoms with Crippen LogP contribution in [-0.2, 0) is 0 Å². The molecule has 1 heterocycles. The van der Waals surface area contributed by atoms with Gasteiger partial charge in [-0.05, 0) is 13.3 Å². The summed E-state index contributed by atoms with van der Waals surface area (Å²) in [6.45, 7) is 3.87. The van der Waals surface area contributed by atoms with Crippen LogP contribution in [0.5, 0.6) is 0 Å². The van der Waals surface area contributed by atoms with Crippen LogP contribution in [0.4, 0.5) is 16.2 Å². The van der Waals surface area contributed by atoms with E-state index in [0.29, 0.717) is 6.42 Å². The number of nitrogens with zero attached hydrogens (tertiary/aromatic N) is 2. The summed E-state index contributed by atoms with van der Waals surface area (Å²) in [5, 5.41) is 12.6. The average Bonchev–Trinajstić information content (AvgIpc) is 2.19. The first-order chi connectivity index (χ1) is 7.44. The number of halogens is 1. The summed E-state index contributed by atoms with van der Waals surface area (Å²) >= 11 is 0. The van der Waals surface area contributed by atoms with Gasteiger partial charge in [-0.25, -0.2) is 9.37 Å². The Bertz CT molecular complexity index is 357. The normalized spacial score (nSPS) is 14.5. The van der Waals surface area contributed by atoms with Gasteiger partial charge in [-0.2, -0.15) is 4.98 Å². The maximum atomic E-state index is 13.2. The van der Waals surface area contributed by atoms with Crippen molar-refractivity contribution in [1.82, 2.24) is 9.97 Å². The van der Waals surface area contributed by atoms with Crippen LogP contribution in [0.25, 0.3) is 0 Å². The van der Waals surface area contributed by atoms with Gasteiger partial charge in [0.15, 0.2) is 11.6 Å². The van der Waals surface area contributed by atoms with E-state index in [4.69, 9.17) is 5.73 Å². The van der Waals surface area contributed by atoms with E-state index in [1.54, 1.807) is 6.92 Å². The molecule has 0 saturated heterocycles. The van der Waals surface area contributed by atoms with Crippen molar-refractivity contribution in [2.24, 2.45) is 0 Å². The van der Waals surface area contributed by atoms with Crippen LogP contribution in [0.1, 0.15) is 26.7 Å². The van der Waals surface area contributed by atoms with Crippen molar-refractivity contribution >= 4 is 11.8 Å². The molecular formula is C10H17FN4O. The molecule has 0 saturated carbocycles. The maximum absolute atomic E-state index is 13.2. The van der Waals surface area contributed by atoms with Gasteiger partial charge in [-0.3, -0.25) is 0 Å². The zero-order valence-corrected chi connectivity index (χ0v) is 9.50. The summed E-state index contributed by atoms with van der Waals surface area (Å²) < 4.78 is 13.2. The van der Waals surface area contributed by atoms with E-state index in [0.717, 1.165) is 12.6 Å². The van der Waals surface area contributed by atoms with Crippen LogP contribution in [0.15, 0.2) is 6.20 Å². The number of hydrogen-bond acceptors (Lipinski definition) is 5. The molecule has 4 N–H and O–H groups in total. The first-order valence-corrected chi connectivity index (χ1v) is 5.19. The third kappa shape index (κ3) is 3.62. The lowest BCUT2D eigenvalue weighted by Gasteiger charge is -2.23. The van der Waals surface area contributed by atoms with E-state index in [2.05, 4.69) is 15.3 Å². The monoisotopic (exact) mass is 228 g/mol. The summed E-state index contributed by atoms with van der Waals surface area (Å²) in [7, 11) is 0. The minimum atomic E-state index is -0.888. The molecule has 0 spiro atoms. The number of anilines is 2. The minimum absolute atomic E-state index is 0.000894. The van der Waals surface area contributed by atoms with Gasteiger partial charge in [0.05, 0.1) is 11.8 Å². The number of aromatic nitrogens is 2. The minimum Gasteiger partial charge on any atom is -0.388 e. The Labute approximate surface area is 93.9 Å². The summed E-state index contributed by atoms with van der Waals surface area (Å²) in [5.74, 6) is -0.565. The number of nitrogens with two attached hydrogens (primary N) is 1. The third-order valence-electron chi connectivity index (χ3n) is 2.19. The van der Waals surface area contributed by atoms with Crippen molar-refractivity contribution in [3.8, 4) is 0 Å². The lowest BCUT2D eigenvalue weighted by Crippen LogP contribution is -2.33.